The van der Waals surface area contributed by atoms with Gasteiger partial charge in [0.15, 0.2) is 0 Å². The van der Waals surface area contributed by atoms with Crippen molar-refractivity contribution < 1.29 is 9.90 Å². The number of hydrogen-bond donors (Lipinski definition) is 2. The molecular weight excluding hydrogens is 192 g/mol. The molecule has 2 saturated heterocycles. The molecule has 86 valence electrons. The minimum atomic E-state index is -0.351. The van der Waals surface area contributed by atoms with Crippen molar-refractivity contribution in [2.24, 2.45) is 11.8 Å². The van der Waals surface area contributed by atoms with E-state index in [-0.39, 0.29) is 18.1 Å². The van der Waals surface area contributed by atoms with Crippen LogP contribution in [-0.4, -0.2) is 47.7 Å². The first-order valence-electron chi connectivity index (χ1n) is 5.78. The number of carbonyl (C=O) groups is 1. The maximum atomic E-state index is 12.0. The number of amides is 1. The summed E-state index contributed by atoms with van der Waals surface area (Å²) in [6, 6.07) is -0.155. The third kappa shape index (κ3) is 2.16. The molecule has 4 nitrogen and oxygen atoms in total. The number of β-amino-alcohol motifs (C(OH)–C–C–N with tert-alkyl or cyclic N) is 1. The highest BCUT2D eigenvalue weighted by atomic mass is 16.3. The molecule has 2 aliphatic heterocycles. The molecule has 0 aromatic heterocycles. The van der Waals surface area contributed by atoms with Gasteiger partial charge < -0.3 is 15.3 Å². The third-order valence-corrected chi connectivity index (χ3v) is 3.71. The van der Waals surface area contributed by atoms with Gasteiger partial charge in [0, 0.05) is 19.6 Å². The Morgan fingerprint density at radius 3 is 2.40 bits per heavy atom. The Morgan fingerprint density at radius 1 is 1.33 bits per heavy atom. The van der Waals surface area contributed by atoms with Crippen LogP contribution in [0.5, 0.6) is 0 Å². The molecule has 4 heteroatoms. The predicted molar refractivity (Wildman–Crippen MR) is 57.3 cm³/mol. The van der Waals surface area contributed by atoms with Crippen LogP contribution in [0.4, 0.5) is 0 Å². The normalized spacial score (nSPS) is 41.1. The van der Waals surface area contributed by atoms with Gasteiger partial charge in [0.25, 0.3) is 0 Å². The van der Waals surface area contributed by atoms with E-state index in [1.54, 1.807) is 0 Å². The summed E-state index contributed by atoms with van der Waals surface area (Å²) in [5.41, 5.74) is 0. The van der Waals surface area contributed by atoms with Gasteiger partial charge in [-0.25, -0.2) is 0 Å². The highest BCUT2D eigenvalue weighted by Crippen LogP contribution is 2.23. The maximum Gasteiger partial charge on any atom is 0.239 e. The van der Waals surface area contributed by atoms with Crippen molar-refractivity contribution >= 4 is 5.91 Å². The van der Waals surface area contributed by atoms with Gasteiger partial charge in [-0.1, -0.05) is 13.8 Å². The van der Waals surface area contributed by atoms with E-state index in [1.165, 1.54) is 0 Å². The fourth-order valence-corrected chi connectivity index (χ4v) is 2.44. The Bertz CT molecular complexity index is 247. The molecule has 2 heterocycles. The average molecular weight is 212 g/mol. The molecule has 1 amide bonds. The van der Waals surface area contributed by atoms with Crippen LogP contribution in [0.2, 0.25) is 0 Å². The summed E-state index contributed by atoms with van der Waals surface area (Å²) in [4.78, 5) is 14.0. The van der Waals surface area contributed by atoms with Crippen LogP contribution in [0.15, 0.2) is 0 Å². The Balaban J connectivity index is 1.92. The molecular formula is C11H20N2O2. The largest absolute Gasteiger partial charge is 0.392 e. The highest BCUT2D eigenvalue weighted by Gasteiger charge is 2.36. The standard InChI is InChI=1S/C11H20N2O2/c1-7-5-13(6-8(7)2)11(15)10-3-9(14)4-12-10/h7-10,12,14H,3-6H2,1-2H3/t7?,8?,9-,10-/m1/s1. The molecule has 4 atom stereocenters. The molecule has 0 saturated carbocycles. The van der Waals surface area contributed by atoms with Crippen molar-refractivity contribution in [2.75, 3.05) is 19.6 Å². The van der Waals surface area contributed by atoms with E-state index >= 15 is 0 Å². The molecule has 2 fully saturated rings. The Labute approximate surface area is 90.6 Å². The van der Waals surface area contributed by atoms with E-state index in [1.807, 2.05) is 4.90 Å². The van der Waals surface area contributed by atoms with Gasteiger partial charge in [-0.15, -0.1) is 0 Å². The third-order valence-electron chi connectivity index (χ3n) is 3.71. The number of carbonyl (C=O) groups excluding carboxylic acids is 1. The van der Waals surface area contributed by atoms with Gasteiger partial charge in [0.1, 0.15) is 0 Å². The molecule has 0 bridgehead atoms. The van der Waals surface area contributed by atoms with Crippen molar-refractivity contribution in [3.8, 4) is 0 Å². The number of rotatable bonds is 1. The van der Waals surface area contributed by atoms with Gasteiger partial charge >= 0.3 is 0 Å². The molecule has 15 heavy (non-hydrogen) atoms. The summed E-state index contributed by atoms with van der Waals surface area (Å²) >= 11 is 0. The first-order chi connectivity index (χ1) is 7.08. The lowest BCUT2D eigenvalue weighted by atomic mass is 10.0. The van der Waals surface area contributed by atoms with E-state index in [2.05, 4.69) is 19.2 Å². The van der Waals surface area contributed by atoms with Gasteiger partial charge in [-0.2, -0.15) is 0 Å². The van der Waals surface area contributed by atoms with Crippen LogP contribution in [0.3, 0.4) is 0 Å². The highest BCUT2D eigenvalue weighted by molar-refractivity contribution is 5.82. The monoisotopic (exact) mass is 212 g/mol. The molecule has 2 rings (SSSR count). The van der Waals surface area contributed by atoms with E-state index in [4.69, 9.17) is 0 Å². The molecule has 2 aliphatic rings. The Hall–Kier alpha value is -0.610. The summed E-state index contributed by atoms with van der Waals surface area (Å²) in [5, 5.41) is 12.4. The summed E-state index contributed by atoms with van der Waals surface area (Å²) < 4.78 is 0. The van der Waals surface area contributed by atoms with E-state index in [0.717, 1.165) is 13.1 Å². The van der Waals surface area contributed by atoms with Crippen LogP contribution < -0.4 is 5.32 Å². The molecule has 0 aliphatic carbocycles. The fourth-order valence-electron chi connectivity index (χ4n) is 2.44. The van der Waals surface area contributed by atoms with Crippen LogP contribution in [0.1, 0.15) is 20.3 Å². The van der Waals surface area contributed by atoms with Crippen molar-refractivity contribution in [1.29, 1.82) is 0 Å². The maximum absolute atomic E-state index is 12.0. The predicted octanol–water partition coefficient (Wildman–Crippen LogP) is -0.176. The smallest absolute Gasteiger partial charge is 0.239 e. The van der Waals surface area contributed by atoms with Crippen LogP contribution >= 0.6 is 0 Å². The minimum Gasteiger partial charge on any atom is -0.392 e. The quantitative estimate of drug-likeness (QED) is 0.634. The van der Waals surface area contributed by atoms with Crippen molar-refractivity contribution in [3.05, 3.63) is 0 Å². The molecule has 0 aromatic carbocycles. The van der Waals surface area contributed by atoms with Crippen LogP contribution in [0.25, 0.3) is 0 Å². The second-order valence-corrected chi connectivity index (χ2v) is 5.05. The van der Waals surface area contributed by atoms with Gasteiger partial charge in [0.2, 0.25) is 5.91 Å². The van der Waals surface area contributed by atoms with Crippen LogP contribution in [-0.2, 0) is 4.79 Å². The lowest BCUT2D eigenvalue weighted by molar-refractivity contribution is -0.132. The summed E-state index contributed by atoms with van der Waals surface area (Å²) in [7, 11) is 0. The molecule has 0 aromatic rings. The average Bonchev–Trinajstić information content (AvgIpc) is 2.74. The second kappa shape index (κ2) is 4.10. The first kappa shape index (κ1) is 10.9. The topological polar surface area (TPSA) is 52.6 Å². The number of aliphatic hydroxyl groups is 1. The zero-order valence-corrected chi connectivity index (χ0v) is 9.44. The van der Waals surface area contributed by atoms with Gasteiger partial charge in [0.05, 0.1) is 12.1 Å². The molecule has 2 unspecified atom stereocenters. The summed E-state index contributed by atoms with van der Waals surface area (Å²) in [6.45, 7) is 6.67. The van der Waals surface area contributed by atoms with Crippen molar-refractivity contribution in [1.82, 2.24) is 10.2 Å². The SMILES string of the molecule is CC1CN(C(=O)[C@H]2C[C@@H](O)CN2)CC1C. The Kier molecular flexibility index (Phi) is 2.98. The lowest BCUT2D eigenvalue weighted by Gasteiger charge is -2.20. The summed E-state index contributed by atoms with van der Waals surface area (Å²) in [6.07, 6.45) is 0.217. The number of aliphatic hydroxyl groups excluding tert-OH is 1. The first-order valence-corrected chi connectivity index (χ1v) is 5.78. The van der Waals surface area contributed by atoms with Gasteiger partial charge in [-0.05, 0) is 18.3 Å². The van der Waals surface area contributed by atoms with E-state index < -0.39 is 0 Å². The molecule has 0 spiro atoms. The zero-order valence-electron chi connectivity index (χ0n) is 9.44. The van der Waals surface area contributed by atoms with Crippen LogP contribution in [0, 0.1) is 11.8 Å². The Morgan fingerprint density at radius 2 is 1.93 bits per heavy atom. The van der Waals surface area contributed by atoms with Crippen molar-refractivity contribution in [3.63, 3.8) is 0 Å². The van der Waals surface area contributed by atoms with E-state index in [9.17, 15) is 9.90 Å². The van der Waals surface area contributed by atoms with E-state index in [0.29, 0.717) is 24.8 Å². The van der Waals surface area contributed by atoms with Crippen molar-refractivity contribution in [2.45, 2.75) is 32.4 Å². The number of likely N-dealkylation sites (tertiary alicyclic amines) is 1. The fraction of sp³-hybridized carbons (Fsp3) is 0.909. The second-order valence-electron chi connectivity index (χ2n) is 5.05. The molecule has 2 N–H and O–H groups in total. The minimum absolute atomic E-state index is 0.155. The number of nitrogens with zero attached hydrogens (tertiary/aromatic N) is 1. The summed E-state index contributed by atoms with van der Waals surface area (Å²) in [5.74, 6) is 1.36. The molecule has 0 radical (unpaired) electrons. The number of nitrogens with one attached hydrogen (secondary N) is 1. The zero-order chi connectivity index (χ0) is 11.0. The number of hydrogen-bond acceptors (Lipinski definition) is 3. The van der Waals surface area contributed by atoms with Gasteiger partial charge in [-0.3, -0.25) is 4.79 Å². The lowest BCUT2D eigenvalue weighted by Crippen LogP contribution is -2.42.